The van der Waals surface area contributed by atoms with Crippen molar-refractivity contribution in [2.75, 3.05) is 0 Å². The van der Waals surface area contributed by atoms with E-state index in [1.807, 2.05) is 0 Å². The van der Waals surface area contributed by atoms with Crippen LogP contribution in [0.2, 0.25) is 0 Å². The Bertz CT molecular complexity index is 486. The van der Waals surface area contributed by atoms with Crippen LogP contribution in [0.1, 0.15) is 85.5 Å². The van der Waals surface area contributed by atoms with Crippen LogP contribution in [-0.4, -0.2) is 0 Å². The molecule has 0 spiro atoms. The third-order valence-electron chi connectivity index (χ3n) is 9.16. The van der Waals surface area contributed by atoms with Gasteiger partial charge in [-0.1, -0.05) is 39.8 Å². The molecular formula is C22H36. The summed E-state index contributed by atoms with van der Waals surface area (Å²) in [6, 6.07) is 0. The highest BCUT2D eigenvalue weighted by atomic mass is 14.6. The molecule has 0 amide bonds. The fourth-order valence-corrected chi connectivity index (χ4v) is 7.54. The molecule has 22 heavy (non-hydrogen) atoms. The van der Waals surface area contributed by atoms with E-state index in [1.165, 1.54) is 57.8 Å². The summed E-state index contributed by atoms with van der Waals surface area (Å²) in [6.07, 6.45) is 13.2. The van der Waals surface area contributed by atoms with Gasteiger partial charge in [0.2, 0.25) is 0 Å². The minimum Gasteiger partial charge on any atom is -0.0993 e. The second-order valence-electron chi connectivity index (χ2n) is 10.6. The zero-order valence-corrected chi connectivity index (χ0v) is 15.4. The van der Waals surface area contributed by atoms with Gasteiger partial charge in [0.05, 0.1) is 0 Å². The Balaban J connectivity index is 1.63. The lowest BCUT2D eigenvalue weighted by molar-refractivity contribution is -0.116. The van der Waals surface area contributed by atoms with E-state index in [-0.39, 0.29) is 0 Å². The van der Waals surface area contributed by atoms with Gasteiger partial charge in [0.15, 0.2) is 0 Å². The van der Waals surface area contributed by atoms with Crippen molar-refractivity contribution in [3.05, 3.63) is 12.2 Å². The number of fused-ring (bicyclic) bond motifs is 5. The Morgan fingerprint density at radius 1 is 0.864 bits per heavy atom. The van der Waals surface area contributed by atoms with Gasteiger partial charge >= 0.3 is 0 Å². The Morgan fingerprint density at radius 2 is 1.64 bits per heavy atom. The molecule has 4 aliphatic carbocycles. The molecule has 0 nitrogen and oxygen atoms in total. The zero-order valence-electron chi connectivity index (χ0n) is 15.4. The van der Waals surface area contributed by atoms with Crippen LogP contribution in [0, 0.1) is 39.9 Å². The molecule has 4 rings (SSSR count). The monoisotopic (exact) mass is 300 g/mol. The summed E-state index contributed by atoms with van der Waals surface area (Å²) < 4.78 is 0. The molecular weight excluding hydrogens is 264 g/mol. The maximum Gasteiger partial charge on any atom is -0.00879 e. The predicted octanol–water partition coefficient (Wildman–Crippen LogP) is 6.61. The second-order valence-corrected chi connectivity index (χ2v) is 10.6. The van der Waals surface area contributed by atoms with Crippen LogP contribution >= 0.6 is 0 Å². The smallest absolute Gasteiger partial charge is 0.00879 e. The molecule has 0 N–H and O–H groups in total. The fourth-order valence-electron chi connectivity index (χ4n) is 7.54. The molecule has 0 bridgehead atoms. The van der Waals surface area contributed by atoms with Crippen molar-refractivity contribution in [2.24, 2.45) is 39.9 Å². The molecule has 0 radical (unpaired) electrons. The molecule has 6 atom stereocenters. The van der Waals surface area contributed by atoms with Crippen LogP contribution < -0.4 is 0 Å². The van der Waals surface area contributed by atoms with E-state index in [0.29, 0.717) is 16.2 Å². The second kappa shape index (κ2) is 4.64. The normalized spacial score (nSPS) is 53.5. The van der Waals surface area contributed by atoms with Gasteiger partial charge in [-0.3, -0.25) is 0 Å². The lowest BCUT2D eigenvalue weighted by Crippen LogP contribution is -2.53. The van der Waals surface area contributed by atoms with Gasteiger partial charge in [-0.05, 0) is 97.7 Å². The maximum absolute atomic E-state index is 4.47. The number of hydrogen-bond acceptors (Lipinski definition) is 0. The first-order valence-corrected chi connectivity index (χ1v) is 9.95. The van der Waals surface area contributed by atoms with Crippen LogP contribution in [0.5, 0.6) is 0 Å². The summed E-state index contributed by atoms with van der Waals surface area (Å²) in [5.41, 5.74) is 3.34. The third kappa shape index (κ3) is 1.94. The SMILES string of the molecule is C=C1CCC2C3CCC4CC(C)(C)CCC4(C)C3CCC12C. The first-order valence-electron chi connectivity index (χ1n) is 9.95. The van der Waals surface area contributed by atoms with Crippen molar-refractivity contribution >= 4 is 0 Å². The van der Waals surface area contributed by atoms with Gasteiger partial charge in [0, 0.05) is 0 Å². The fraction of sp³-hybridized carbons (Fsp3) is 0.909. The third-order valence-corrected chi connectivity index (χ3v) is 9.16. The van der Waals surface area contributed by atoms with Gasteiger partial charge in [-0.2, -0.15) is 0 Å². The maximum atomic E-state index is 4.47. The van der Waals surface area contributed by atoms with Crippen molar-refractivity contribution in [1.29, 1.82) is 0 Å². The van der Waals surface area contributed by atoms with Gasteiger partial charge in [-0.25, -0.2) is 0 Å². The van der Waals surface area contributed by atoms with Gasteiger partial charge in [0.25, 0.3) is 0 Å². The van der Waals surface area contributed by atoms with E-state index in [9.17, 15) is 0 Å². The standard InChI is InChI=1S/C22H36/c1-15-6-9-18-17-8-7-16-14-20(2,3)12-13-22(16,5)19(17)10-11-21(15,18)4/h16-19H,1,6-14H2,2-5H3. The molecule has 0 aromatic rings. The molecule has 0 aromatic carbocycles. The molecule has 0 heteroatoms. The number of allylic oxidation sites excluding steroid dienone is 1. The van der Waals surface area contributed by atoms with E-state index in [4.69, 9.17) is 0 Å². The largest absolute Gasteiger partial charge is 0.0993 e. The summed E-state index contributed by atoms with van der Waals surface area (Å²) in [6.45, 7) is 14.7. The number of hydrogen-bond donors (Lipinski definition) is 0. The molecule has 4 aliphatic rings. The van der Waals surface area contributed by atoms with E-state index < -0.39 is 0 Å². The molecule has 4 fully saturated rings. The molecule has 0 saturated heterocycles. The van der Waals surface area contributed by atoms with Crippen LogP contribution in [0.15, 0.2) is 12.2 Å². The summed E-state index contributed by atoms with van der Waals surface area (Å²) in [7, 11) is 0. The van der Waals surface area contributed by atoms with Crippen molar-refractivity contribution in [3.8, 4) is 0 Å². The van der Waals surface area contributed by atoms with Crippen molar-refractivity contribution < 1.29 is 0 Å². The average Bonchev–Trinajstić information content (AvgIpc) is 2.76. The molecule has 0 aliphatic heterocycles. The highest BCUT2D eigenvalue weighted by Crippen LogP contribution is 2.68. The molecule has 0 heterocycles. The van der Waals surface area contributed by atoms with Crippen LogP contribution in [0.3, 0.4) is 0 Å². The Kier molecular flexibility index (Phi) is 3.22. The lowest BCUT2D eigenvalue weighted by atomic mass is 9.43. The first kappa shape index (κ1) is 15.3. The van der Waals surface area contributed by atoms with Gasteiger partial charge in [-0.15, -0.1) is 0 Å². The summed E-state index contributed by atoms with van der Waals surface area (Å²) in [5, 5.41) is 0. The highest BCUT2D eigenvalue weighted by molar-refractivity contribution is 5.21. The van der Waals surface area contributed by atoms with Gasteiger partial charge in [0.1, 0.15) is 0 Å². The first-order chi connectivity index (χ1) is 10.3. The Morgan fingerprint density at radius 3 is 2.41 bits per heavy atom. The van der Waals surface area contributed by atoms with Crippen LogP contribution in [-0.2, 0) is 0 Å². The summed E-state index contributed by atoms with van der Waals surface area (Å²) in [4.78, 5) is 0. The van der Waals surface area contributed by atoms with Crippen molar-refractivity contribution in [3.63, 3.8) is 0 Å². The molecule has 0 aromatic heterocycles. The zero-order chi connectivity index (χ0) is 15.8. The topological polar surface area (TPSA) is 0 Å². The van der Waals surface area contributed by atoms with Crippen LogP contribution in [0.4, 0.5) is 0 Å². The minimum atomic E-state index is 0.498. The van der Waals surface area contributed by atoms with Crippen molar-refractivity contribution in [1.82, 2.24) is 0 Å². The summed E-state index contributed by atoms with van der Waals surface area (Å²) in [5.74, 6) is 4.00. The van der Waals surface area contributed by atoms with Crippen molar-refractivity contribution in [2.45, 2.75) is 85.5 Å². The highest BCUT2D eigenvalue weighted by Gasteiger charge is 2.59. The van der Waals surface area contributed by atoms with E-state index in [2.05, 4.69) is 34.3 Å². The summed E-state index contributed by atoms with van der Waals surface area (Å²) >= 11 is 0. The molecule has 4 saturated carbocycles. The minimum absolute atomic E-state index is 0.498. The Hall–Kier alpha value is -0.260. The van der Waals surface area contributed by atoms with Gasteiger partial charge < -0.3 is 0 Å². The molecule has 6 unspecified atom stereocenters. The Labute approximate surface area is 138 Å². The van der Waals surface area contributed by atoms with Crippen LogP contribution in [0.25, 0.3) is 0 Å². The predicted molar refractivity (Wildman–Crippen MR) is 94.6 cm³/mol. The van der Waals surface area contributed by atoms with E-state index in [1.54, 1.807) is 5.57 Å². The lowest BCUT2D eigenvalue weighted by Gasteiger charge is -2.61. The molecule has 124 valence electrons. The average molecular weight is 301 g/mol. The number of rotatable bonds is 0. The van der Waals surface area contributed by atoms with E-state index >= 15 is 0 Å². The van der Waals surface area contributed by atoms with E-state index in [0.717, 1.165) is 23.7 Å². The quantitative estimate of drug-likeness (QED) is 0.441.